The van der Waals surface area contributed by atoms with Crippen LogP contribution in [0.25, 0.3) is 43.1 Å². The van der Waals surface area contributed by atoms with Gasteiger partial charge in [-0.1, -0.05) is 194 Å². The molecular formula is C60H78N2O4Si2. The van der Waals surface area contributed by atoms with Gasteiger partial charge in [-0.05, 0) is 60.7 Å². The van der Waals surface area contributed by atoms with Crippen LogP contribution < -0.4 is 0 Å². The van der Waals surface area contributed by atoms with Gasteiger partial charge in [0.15, 0.2) is 0 Å². The van der Waals surface area contributed by atoms with Crippen molar-refractivity contribution in [3.05, 3.63) is 69.8 Å². The SMILES string of the molecule is CCCCCCC(CCCCCC)N1C(=O)c2ccc3c4c(C#C[Si](C)(C)C)cc5c6c(ccc(c7c(C#C[Si](C)(C)C)cc(c2c37)C1=O)c64)C(=O)N(C(CCCCCC)CCCCCC)C5=O. The summed E-state index contributed by atoms with van der Waals surface area (Å²) in [6.45, 7) is 22.2. The highest BCUT2D eigenvalue weighted by Gasteiger charge is 2.41. The first-order valence-corrected chi connectivity index (χ1v) is 33.7. The Labute approximate surface area is 410 Å². The van der Waals surface area contributed by atoms with Crippen LogP contribution in [0.2, 0.25) is 39.3 Å². The van der Waals surface area contributed by atoms with Crippen LogP contribution in [0.15, 0.2) is 36.4 Å². The van der Waals surface area contributed by atoms with Crippen molar-refractivity contribution in [1.82, 2.24) is 9.80 Å². The second-order valence-corrected chi connectivity index (χ2v) is 31.7. The third-order valence-corrected chi connectivity index (χ3v) is 16.1. The van der Waals surface area contributed by atoms with Gasteiger partial charge in [0.2, 0.25) is 0 Å². The molecule has 0 saturated carbocycles. The van der Waals surface area contributed by atoms with Gasteiger partial charge in [-0.2, -0.15) is 0 Å². The van der Waals surface area contributed by atoms with E-state index in [9.17, 15) is 0 Å². The van der Waals surface area contributed by atoms with Crippen LogP contribution in [0, 0.1) is 22.9 Å². The molecule has 0 fully saturated rings. The van der Waals surface area contributed by atoms with Crippen molar-refractivity contribution in [2.24, 2.45) is 0 Å². The van der Waals surface area contributed by atoms with Crippen molar-refractivity contribution in [3.63, 3.8) is 0 Å². The Balaban J connectivity index is 1.52. The molecule has 0 aliphatic carbocycles. The normalized spacial score (nSPS) is 14.1. The van der Waals surface area contributed by atoms with E-state index in [2.05, 4.69) is 102 Å². The third kappa shape index (κ3) is 10.5. The number of amides is 4. The summed E-state index contributed by atoms with van der Waals surface area (Å²) in [5.41, 5.74) is 10.9. The van der Waals surface area contributed by atoms with E-state index in [1.807, 2.05) is 24.3 Å². The third-order valence-electron chi connectivity index (χ3n) is 14.3. The molecule has 6 nitrogen and oxygen atoms in total. The summed E-state index contributed by atoms with van der Waals surface area (Å²) in [5.74, 6) is 6.35. The zero-order valence-corrected chi connectivity index (χ0v) is 45.3. The van der Waals surface area contributed by atoms with Gasteiger partial charge in [0.1, 0.15) is 16.1 Å². The van der Waals surface area contributed by atoms with Crippen LogP contribution >= 0.6 is 0 Å². The Morgan fingerprint density at radius 2 is 0.706 bits per heavy atom. The fourth-order valence-corrected chi connectivity index (χ4v) is 11.9. The molecule has 2 heterocycles. The molecule has 68 heavy (non-hydrogen) atoms. The molecule has 0 saturated heterocycles. The van der Waals surface area contributed by atoms with E-state index in [4.69, 9.17) is 0 Å². The van der Waals surface area contributed by atoms with Crippen LogP contribution in [0.5, 0.6) is 0 Å². The number of unbranched alkanes of at least 4 members (excludes halogenated alkanes) is 12. The van der Waals surface area contributed by atoms with Gasteiger partial charge in [-0.3, -0.25) is 29.0 Å². The quantitative estimate of drug-likeness (QED) is 0.0173. The van der Waals surface area contributed by atoms with E-state index >= 15 is 19.2 Å². The summed E-state index contributed by atoms with van der Waals surface area (Å²) in [4.78, 5) is 64.0. The summed E-state index contributed by atoms with van der Waals surface area (Å²) in [5, 5.41) is 6.48. The number of carbonyl (C=O) groups is 4. The molecule has 4 amide bonds. The van der Waals surface area contributed by atoms with Crippen molar-refractivity contribution in [2.75, 3.05) is 0 Å². The van der Waals surface area contributed by atoms with Crippen LogP contribution in [-0.4, -0.2) is 61.7 Å². The van der Waals surface area contributed by atoms with E-state index in [-0.39, 0.29) is 35.7 Å². The van der Waals surface area contributed by atoms with Gasteiger partial charge < -0.3 is 0 Å². The highest BCUT2D eigenvalue weighted by Crippen LogP contribution is 2.49. The zero-order chi connectivity index (χ0) is 48.9. The lowest BCUT2D eigenvalue weighted by Gasteiger charge is -2.36. The van der Waals surface area contributed by atoms with E-state index in [1.165, 1.54) is 0 Å². The lowest BCUT2D eigenvalue weighted by Crippen LogP contribution is -2.47. The standard InChI is InChI=1S/C60H78N2O4Si2/c1-11-15-19-23-27-43(28-24-20-16-12-2)61-57(63)47-33-31-45-52-42(36-38-68(8,9)10)40-50-54-48(58(64)62(60(50)66)44(29-25-21-17-13-3)30-26-22-18-14-4)34-32-46(56(52)54)51-41(35-37-67(5,6)7)39-49(59(61)65)53(47)55(45)51/h31-34,39-40,43-44H,11-30H2,1-10H3. The van der Waals surface area contributed by atoms with Crippen molar-refractivity contribution in [2.45, 2.75) is 207 Å². The fraction of sp³-hybridized carbons (Fsp3) is 0.533. The number of benzene rings is 5. The fourth-order valence-electron chi connectivity index (χ4n) is 10.9. The van der Waals surface area contributed by atoms with Crippen LogP contribution in [0.4, 0.5) is 0 Å². The molecule has 0 atom stereocenters. The Morgan fingerprint density at radius 1 is 0.397 bits per heavy atom. The van der Waals surface area contributed by atoms with Crippen LogP contribution in [0.1, 0.15) is 209 Å². The molecule has 360 valence electrons. The number of rotatable bonds is 22. The molecule has 0 bridgehead atoms. The van der Waals surface area contributed by atoms with Gasteiger partial charge >= 0.3 is 0 Å². The molecule has 0 radical (unpaired) electrons. The molecule has 7 rings (SSSR count). The molecular weight excluding hydrogens is 869 g/mol. The average molecular weight is 947 g/mol. The smallest absolute Gasteiger partial charge is 0.261 e. The van der Waals surface area contributed by atoms with Gasteiger partial charge in [0.25, 0.3) is 23.6 Å². The Morgan fingerprint density at radius 3 is 1.00 bits per heavy atom. The summed E-state index contributed by atoms with van der Waals surface area (Å²) < 4.78 is 0. The molecule has 0 N–H and O–H groups in total. The highest BCUT2D eigenvalue weighted by atomic mass is 28.3. The molecule has 5 aromatic carbocycles. The van der Waals surface area contributed by atoms with Crippen LogP contribution in [0.3, 0.4) is 0 Å². The molecule has 2 aliphatic rings. The second kappa shape index (κ2) is 21.9. The summed E-state index contributed by atoms with van der Waals surface area (Å²) in [6.07, 6.45) is 20.5. The van der Waals surface area contributed by atoms with Gasteiger partial charge in [0, 0.05) is 77.8 Å². The van der Waals surface area contributed by atoms with Gasteiger partial charge in [-0.15, -0.1) is 11.1 Å². The Kier molecular flexibility index (Phi) is 16.5. The number of imide groups is 2. The maximum atomic E-state index is 15.3. The number of carbonyl (C=O) groups excluding carboxylic acids is 4. The van der Waals surface area contributed by atoms with E-state index in [0.29, 0.717) is 33.0 Å². The van der Waals surface area contributed by atoms with E-state index < -0.39 is 16.1 Å². The monoisotopic (exact) mass is 947 g/mol. The maximum Gasteiger partial charge on any atom is 0.261 e. The first-order valence-electron chi connectivity index (χ1n) is 26.7. The Hall–Kier alpha value is -4.77. The molecule has 0 aromatic heterocycles. The number of fused-ring (bicyclic) bond motifs is 2. The molecule has 0 unspecified atom stereocenters. The number of hydrogen-bond donors (Lipinski definition) is 0. The van der Waals surface area contributed by atoms with Crippen molar-refractivity contribution in [1.29, 1.82) is 0 Å². The van der Waals surface area contributed by atoms with Crippen LogP contribution in [-0.2, 0) is 0 Å². The average Bonchev–Trinajstić information content (AvgIpc) is 3.30. The zero-order valence-electron chi connectivity index (χ0n) is 43.3. The summed E-state index contributed by atoms with van der Waals surface area (Å²) in [7, 11) is -3.88. The molecule has 8 heteroatoms. The Bertz CT molecular complexity index is 2620. The second-order valence-electron chi connectivity index (χ2n) is 22.2. The minimum atomic E-state index is -1.94. The maximum absolute atomic E-state index is 15.3. The minimum absolute atomic E-state index is 0.182. The lowest BCUT2D eigenvalue weighted by atomic mass is 9.79. The molecule has 5 aromatic rings. The van der Waals surface area contributed by atoms with Gasteiger partial charge in [0.05, 0.1) is 0 Å². The first-order chi connectivity index (χ1) is 32.6. The van der Waals surface area contributed by atoms with Crippen molar-refractivity contribution in [3.8, 4) is 22.9 Å². The van der Waals surface area contributed by atoms with E-state index in [0.717, 1.165) is 172 Å². The summed E-state index contributed by atoms with van der Waals surface area (Å²) >= 11 is 0. The predicted molar refractivity (Wildman–Crippen MR) is 292 cm³/mol. The summed E-state index contributed by atoms with van der Waals surface area (Å²) in [6, 6.07) is 11.5. The highest BCUT2D eigenvalue weighted by molar-refractivity contribution is 6.84. The minimum Gasteiger partial charge on any atom is -0.271 e. The molecule has 0 spiro atoms. The predicted octanol–water partition coefficient (Wildman–Crippen LogP) is 16.0. The number of hydrogen-bond acceptors (Lipinski definition) is 4. The lowest BCUT2D eigenvalue weighted by molar-refractivity contribution is 0.0501. The topological polar surface area (TPSA) is 74.8 Å². The molecule has 2 aliphatic heterocycles. The van der Waals surface area contributed by atoms with Gasteiger partial charge in [-0.25, -0.2) is 0 Å². The van der Waals surface area contributed by atoms with Crippen molar-refractivity contribution < 1.29 is 19.2 Å². The van der Waals surface area contributed by atoms with E-state index in [1.54, 1.807) is 9.80 Å². The largest absolute Gasteiger partial charge is 0.271 e. The van der Waals surface area contributed by atoms with Crippen molar-refractivity contribution >= 4 is 82.9 Å². The first kappa shape index (κ1) is 51.1. The number of nitrogens with zero attached hydrogens (tertiary/aromatic N) is 2.